The molecule has 0 N–H and O–H groups in total. The standard InChI is InChI=1S/C17H17N3O/c1-20(11-16-18-17(19-21-16)13-6-7-13)15-9-8-12-4-2-3-5-14(12)10-15/h2-5,8-10,13H,6-7,11H2,1H3. The van der Waals surface area contributed by atoms with Crippen molar-refractivity contribution in [1.29, 1.82) is 0 Å². The Morgan fingerprint density at radius 3 is 2.76 bits per heavy atom. The summed E-state index contributed by atoms with van der Waals surface area (Å²) in [6.07, 6.45) is 2.39. The maximum atomic E-state index is 5.34. The van der Waals surface area contributed by atoms with Gasteiger partial charge in [0.2, 0.25) is 5.89 Å². The van der Waals surface area contributed by atoms with E-state index in [1.807, 2.05) is 7.05 Å². The first kappa shape index (κ1) is 12.4. The average molecular weight is 279 g/mol. The minimum atomic E-state index is 0.536. The fraction of sp³-hybridized carbons (Fsp3) is 0.294. The van der Waals surface area contributed by atoms with Crippen LogP contribution >= 0.6 is 0 Å². The van der Waals surface area contributed by atoms with Crippen LogP contribution in [0, 0.1) is 0 Å². The number of anilines is 1. The zero-order valence-corrected chi connectivity index (χ0v) is 12.0. The second-order valence-electron chi connectivity index (χ2n) is 5.71. The van der Waals surface area contributed by atoms with Gasteiger partial charge in [0.1, 0.15) is 0 Å². The van der Waals surface area contributed by atoms with Crippen molar-refractivity contribution in [2.45, 2.75) is 25.3 Å². The molecule has 21 heavy (non-hydrogen) atoms. The Kier molecular flexibility index (Phi) is 2.88. The van der Waals surface area contributed by atoms with Crippen LogP contribution in [0.3, 0.4) is 0 Å². The molecule has 0 bridgehead atoms. The molecule has 106 valence electrons. The lowest BCUT2D eigenvalue weighted by atomic mass is 10.1. The van der Waals surface area contributed by atoms with Crippen LogP contribution in [0.2, 0.25) is 0 Å². The van der Waals surface area contributed by atoms with Gasteiger partial charge in [0.05, 0.1) is 6.54 Å². The van der Waals surface area contributed by atoms with E-state index in [1.165, 1.54) is 23.6 Å². The summed E-state index contributed by atoms with van der Waals surface area (Å²) in [5.41, 5.74) is 1.15. The first-order valence-corrected chi connectivity index (χ1v) is 7.32. The van der Waals surface area contributed by atoms with E-state index in [2.05, 4.69) is 57.5 Å². The Labute approximate surface area is 123 Å². The molecule has 0 radical (unpaired) electrons. The second-order valence-corrected chi connectivity index (χ2v) is 5.71. The second kappa shape index (κ2) is 4.88. The molecule has 4 heteroatoms. The van der Waals surface area contributed by atoms with Crippen molar-refractivity contribution in [3.8, 4) is 0 Å². The lowest BCUT2D eigenvalue weighted by Crippen LogP contribution is -2.16. The summed E-state index contributed by atoms with van der Waals surface area (Å²) in [7, 11) is 2.05. The van der Waals surface area contributed by atoms with Crippen LogP contribution in [0.5, 0.6) is 0 Å². The van der Waals surface area contributed by atoms with Crippen molar-refractivity contribution >= 4 is 16.5 Å². The van der Waals surface area contributed by atoms with Crippen molar-refractivity contribution in [2.24, 2.45) is 0 Å². The summed E-state index contributed by atoms with van der Waals surface area (Å²) in [6.45, 7) is 0.637. The number of hydrogen-bond donors (Lipinski definition) is 0. The van der Waals surface area contributed by atoms with Crippen LogP contribution in [0.1, 0.15) is 30.5 Å². The van der Waals surface area contributed by atoms with Gasteiger partial charge in [-0.3, -0.25) is 0 Å². The third kappa shape index (κ3) is 2.49. The summed E-state index contributed by atoms with van der Waals surface area (Å²) in [5.74, 6) is 2.10. The molecule has 4 nitrogen and oxygen atoms in total. The minimum absolute atomic E-state index is 0.536. The number of nitrogens with zero attached hydrogens (tertiary/aromatic N) is 3. The van der Waals surface area contributed by atoms with Crippen molar-refractivity contribution in [2.75, 3.05) is 11.9 Å². The van der Waals surface area contributed by atoms with E-state index in [9.17, 15) is 0 Å². The van der Waals surface area contributed by atoms with E-state index in [0.717, 1.165) is 11.5 Å². The molecule has 0 spiro atoms. The summed E-state index contributed by atoms with van der Waals surface area (Å²) in [4.78, 5) is 6.62. The Morgan fingerprint density at radius 2 is 1.95 bits per heavy atom. The predicted octanol–water partition coefficient (Wildman–Crippen LogP) is 3.74. The van der Waals surface area contributed by atoms with Gasteiger partial charge in [-0.1, -0.05) is 35.5 Å². The molecule has 0 aliphatic heterocycles. The molecule has 4 rings (SSSR count). The molecule has 2 aromatic carbocycles. The van der Waals surface area contributed by atoms with E-state index in [0.29, 0.717) is 18.4 Å². The molecule has 0 amide bonds. The third-order valence-electron chi connectivity index (χ3n) is 3.97. The topological polar surface area (TPSA) is 42.2 Å². The normalized spacial score (nSPS) is 14.5. The maximum Gasteiger partial charge on any atom is 0.246 e. The summed E-state index contributed by atoms with van der Waals surface area (Å²) in [6, 6.07) is 14.8. The molecule has 1 aliphatic carbocycles. The van der Waals surface area contributed by atoms with Crippen LogP contribution in [-0.4, -0.2) is 17.2 Å². The molecule has 0 atom stereocenters. The molecule has 3 aromatic rings. The number of fused-ring (bicyclic) bond motifs is 1. The van der Waals surface area contributed by atoms with Gasteiger partial charge >= 0.3 is 0 Å². The lowest BCUT2D eigenvalue weighted by molar-refractivity contribution is 0.373. The average Bonchev–Trinajstić information content (AvgIpc) is 3.27. The van der Waals surface area contributed by atoms with Gasteiger partial charge in [0.15, 0.2) is 5.82 Å². The first-order valence-electron chi connectivity index (χ1n) is 7.32. The predicted molar refractivity (Wildman–Crippen MR) is 82.3 cm³/mol. The van der Waals surface area contributed by atoms with Crippen LogP contribution < -0.4 is 4.90 Å². The van der Waals surface area contributed by atoms with E-state index >= 15 is 0 Å². The van der Waals surface area contributed by atoms with Gasteiger partial charge in [-0.2, -0.15) is 4.98 Å². The molecule has 1 heterocycles. The Bertz CT molecular complexity index is 776. The highest BCUT2D eigenvalue weighted by Gasteiger charge is 2.28. The summed E-state index contributed by atoms with van der Waals surface area (Å²) >= 11 is 0. The zero-order valence-electron chi connectivity index (χ0n) is 12.0. The Balaban J connectivity index is 1.55. The van der Waals surface area contributed by atoms with Gasteiger partial charge in [0, 0.05) is 18.7 Å². The number of rotatable bonds is 4. The van der Waals surface area contributed by atoms with Crippen molar-refractivity contribution in [1.82, 2.24) is 10.1 Å². The number of benzene rings is 2. The molecular weight excluding hydrogens is 262 g/mol. The molecular formula is C17H17N3O. The highest BCUT2D eigenvalue weighted by molar-refractivity contribution is 5.85. The van der Waals surface area contributed by atoms with Crippen LogP contribution in [0.4, 0.5) is 5.69 Å². The zero-order chi connectivity index (χ0) is 14.2. The smallest absolute Gasteiger partial charge is 0.246 e. The highest BCUT2D eigenvalue weighted by Crippen LogP contribution is 2.38. The molecule has 1 aromatic heterocycles. The quantitative estimate of drug-likeness (QED) is 0.729. The molecule has 1 aliphatic rings. The maximum absolute atomic E-state index is 5.34. The Hall–Kier alpha value is -2.36. The van der Waals surface area contributed by atoms with E-state index in [-0.39, 0.29) is 0 Å². The molecule has 0 saturated heterocycles. The Morgan fingerprint density at radius 1 is 1.14 bits per heavy atom. The fourth-order valence-electron chi connectivity index (χ4n) is 2.55. The SMILES string of the molecule is CN(Cc1nc(C2CC2)no1)c1ccc2ccccc2c1. The van der Waals surface area contributed by atoms with E-state index in [1.54, 1.807) is 0 Å². The van der Waals surface area contributed by atoms with E-state index < -0.39 is 0 Å². The monoisotopic (exact) mass is 279 g/mol. The largest absolute Gasteiger partial charge is 0.365 e. The van der Waals surface area contributed by atoms with Crippen LogP contribution in [0.15, 0.2) is 47.0 Å². The fourth-order valence-corrected chi connectivity index (χ4v) is 2.55. The molecule has 1 fully saturated rings. The van der Waals surface area contributed by atoms with Gasteiger partial charge in [-0.05, 0) is 35.7 Å². The first-order chi connectivity index (χ1) is 10.3. The number of aromatic nitrogens is 2. The number of hydrogen-bond acceptors (Lipinski definition) is 4. The van der Waals surface area contributed by atoms with Gasteiger partial charge in [-0.25, -0.2) is 0 Å². The third-order valence-corrected chi connectivity index (χ3v) is 3.97. The lowest BCUT2D eigenvalue weighted by Gasteiger charge is -2.17. The minimum Gasteiger partial charge on any atom is -0.365 e. The summed E-state index contributed by atoms with van der Waals surface area (Å²) in [5, 5.41) is 6.56. The summed E-state index contributed by atoms with van der Waals surface area (Å²) < 4.78 is 5.34. The molecule has 1 saturated carbocycles. The van der Waals surface area contributed by atoms with Crippen LogP contribution in [0.25, 0.3) is 10.8 Å². The van der Waals surface area contributed by atoms with Crippen molar-refractivity contribution in [3.05, 3.63) is 54.2 Å². The highest BCUT2D eigenvalue weighted by atomic mass is 16.5. The van der Waals surface area contributed by atoms with Crippen molar-refractivity contribution < 1.29 is 4.52 Å². The van der Waals surface area contributed by atoms with Gasteiger partial charge in [0.25, 0.3) is 0 Å². The van der Waals surface area contributed by atoms with Crippen molar-refractivity contribution in [3.63, 3.8) is 0 Å². The van der Waals surface area contributed by atoms with Gasteiger partial charge in [-0.15, -0.1) is 0 Å². The molecule has 0 unspecified atom stereocenters. The van der Waals surface area contributed by atoms with E-state index in [4.69, 9.17) is 4.52 Å². The van der Waals surface area contributed by atoms with Crippen LogP contribution in [-0.2, 0) is 6.54 Å². The van der Waals surface area contributed by atoms with Gasteiger partial charge < -0.3 is 9.42 Å².